The second-order valence-electron chi connectivity index (χ2n) is 7.09. The molecule has 1 aromatic heterocycles. The molecule has 0 aliphatic carbocycles. The van der Waals surface area contributed by atoms with Gasteiger partial charge in [-0.15, -0.1) is 0 Å². The maximum absolute atomic E-state index is 12.6. The monoisotopic (exact) mass is 424 g/mol. The van der Waals surface area contributed by atoms with Gasteiger partial charge in [-0.1, -0.05) is 11.3 Å². The van der Waals surface area contributed by atoms with E-state index in [0.717, 1.165) is 34.1 Å². The summed E-state index contributed by atoms with van der Waals surface area (Å²) in [6.07, 6.45) is 2.43. The quantitative estimate of drug-likeness (QED) is 0.605. The first kappa shape index (κ1) is 20.2. The molecule has 8 heteroatoms. The van der Waals surface area contributed by atoms with Crippen molar-refractivity contribution in [3.8, 4) is 5.75 Å². The summed E-state index contributed by atoms with van der Waals surface area (Å²) in [4.78, 5) is 31.1. The fourth-order valence-electron chi connectivity index (χ4n) is 3.34. The number of rotatable bonds is 7. The lowest BCUT2D eigenvalue weighted by Crippen LogP contribution is -2.28. The molecule has 3 aromatic rings. The number of fused-ring (bicyclic) bond motifs is 1. The van der Waals surface area contributed by atoms with Crippen LogP contribution in [0.4, 0.5) is 10.8 Å². The lowest BCUT2D eigenvalue weighted by atomic mass is 10.2. The first-order valence-electron chi connectivity index (χ1n) is 10.1. The van der Waals surface area contributed by atoms with E-state index in [0.29, 0.717) is 17.9 Å². The summed E-state index contributed by atoms with van der Waals surface area (Å²) >= 11 is 1.66. The van der Waals surface area contributed by atoms with Gasteiger partial charge >= 0.3 is 0 Å². The van der Waals surface area contributed by atoms with Gasteiger partial charge in [0.05, 0.1) is 10.2 Å². The minimum atomic E-state index is -0.200. The third kappa shape index (κ3) is 4.71. The maximum atomic E-state index is 12.6. The maximum Gasteiger partial charge on any atom is 0.257 e. The number of likely N-dealkylation sites (N-methyl/N-ethyl adjacent to an activating group) is 1. The van der Waals surface area contributed by atoms with Gasteiger partial charge in [0.1, 0.15) is 5.75 Å². The van der Waals surface area contributed by atoms with Crippen LogP contribution < -0.4 is 20.3 Å². The van der Waals surface area contributed by atoms with Crippen molar-refractivity contribution >= 4 is 44.2 Å². The van der Waals surface area contributed by atoms with Crippen LogP contribution in [0, 0.1) is 0 Å². The number of ether oxygens (including phenoxy) is 1. The highest BCUT2D eigenvalue weighted by Gasteiger charge is 2.16. The highest BCUT2D eigenvalue weighted by Crippen LogP contribution is 2.32. The van der Waals surface area contributed by atoms with Crippen LogP contribution >= 0.6 is 11.3 Å². The van der Waals surface area contributed by atoms with Crippen LogP contribution in [0.15, 0.2) is 42.5 Å². The molecule has 1 fully saturated rings. The van der Waals surface area contributed by atoms with E-state index in [1.54, 1.807) is 35.6 Å². The van der Waals surface area contributed by atoms with Gasteiger partial charge in [-0.2, -0.15) is 0 Å². The van der Waals surface area contributed by atoms with E-state index in [2.05, 4.69) is 15.5 Å². The van der Waals surface area contributed by atoms with Crippen molar-refractivity contribution in [2.75, 3.05) is 36.5 Å². The Labute approximate surface area is 179 Å². The Balaban J connectivity index is 1.39. The van der Waals surface area contributed by atoms with Gasteiger partial charge in [-0.3, -0.25) is 9.59 Å². The fourth-order valence-corrected chi connectivity index (χ4v) is 4.39. The van der Waals surface area contributed by atoms with Gasteiger partial charge in [-0.05, 0) is 62.2 Å². The number of amides is 2. The highest BCUT2D eigenvalue weighted by molar-refractivity contribution is 7.22. The lowest BCUT2D eigenvalue weighted by molar-refractivity contribution is -0.122. The van der Waals surface area contributed by atoms with Crippen molar-refractivity contribution in [1.82, 2.24) is 10.3 Å². The first-order valence-corrected chi connectivity index (χ1v) is 10.9. The second-order valence-corrected chi connectivity index (χ2v) is 8.10. The van der Waals surface area contributed by atoms with Crippen molar-refractivity contribution in [2.45, 2.75) is 19.8 Å². The van der Waals surface area contributed by atoms with Gasteiger partial charge in [0.15, 0.2) is 11.7 Å². The second kappa shape index (κ2) is 9.13. The largest absolute Gasteiger partial charge is 0.484 e. The molecule has 1 aliphatic rings. The minimum absolute atomic E-state index is 0.0480. The number of carbonyl (C=O) groups is 2. The minimum Gasteiger partial charge on any atom is -0.484 e. The summed E-state index contributed by atoms with van der Waals surface area (Å²) in [6, 6.07) is 12.5. The van der Waals surface area contributed by atoms with E-state index in [4.69, 9.17) is 9.72 Å². The van der Waals surface area contributed by atoms with Gasteiger partial charge in [0.25, 0.3) is 11.8 Å². The SMILES string of the molecule is CCNC(=O)COc1ccc(C(=O)Nc2ccc3nc(N4CCCC4)sc3c2)cc1. The van der Waals surface area contributed by atoms with Crippen LogP contribution in [0.3, 0.4) is 0 Å². The predicted octanol–water partition coefficient (Wildman–Crippen LogP) is 3.66. The van der Waals surface area contributed by atoms with E-state index in [9.17, 15) is 9.59 Å². The zero-order valence-corrected chi connectivity index (χ0v) is 17.6. The normalized spacial score (nSPS) is 13.4. The summed E-state index contributed by atoms with van der Waals surface area (Å²) in [7, 11) is 0. The zero-order chi connectivity index (χ0) is 20.9. The number of nitrogens with one attached hydrogen (secondary N) is 2. The third-order valence-corrected chi connectivity index (χ3v) is 5.95. The molecule has 30 heavy (non-hydrogen) atoms. The van der Waals surface area contributed by atoms with E-state index < -0.39 is 0 Å². The van der Waals surface area contributed by atoms with Crippen molar-refractivity contribution in [2.24, 2.45) is 0 Å². The van der Waals surface area contributed by atoms with E-state index >= 15 is 0 Å². The molecule has 0 unspecified atom stereocenters. The molecule has 7 nitrogen and oxygen atoms in total. The fraction of sp³-hybridized carbons (Fsp3) is 0.318. The van der Waals surface area contributed by atoms with Crippen molar-refractivity contribution < 1.29 is 14.3 Å². The van der Waals surface area contributed by atoms with Gasteiger partial charge < -0.3 is 20.3 Å². The Bertz CT molecular complexity index is 1040. The van der Waals surface area contributed by atoms with Crippen molar-refractivity contribution in [3.05, 3.63) is 48.0 Å². The Morgan fingerprint density at radius 3 is 2.63 bits per heavy atom. The van der Waals surface area contributed by atoms with E-state index in [1.165, 1.54) is 12.8 Å². The molecule has 0 radical (unpaired) electrons. The standard InChI is InChI=1S/C22H24N4O3S/c1-2-23-20(27)14-29-17-8-5-15(6-9-17)21(28)24-16-7-10-18-19(13-16)30-22(25-18)26-11-3-4-12-26/h5-10,13H,2-4,11-12,14H2,1H3,(H,23,27)(H,24,28). The molecule has 4 rings (SSSR count). The van der Waals surface area contributed by atoms with Crippen LogP contribution in [0.5, 0.6) is 5.75 Å². The number of hydrogen-bond acceptors (Lipinski definition) is 6. The number of aromatic nitrogens is 1. The third-order valence-electron chi connectivity index (χ3n) is 4.87. The molecule has 156 valence electrons. The van der Waals surface area contributed by atoms with Crippen molar-refractivity contribution in [3.63, 3.8) is 0 Å². The number of anilines is 2. The lowest BCUT2D eigenvalue weighted by Gasteiger charge is -2.11. The molecular weight excluding hydrogens is 400 g/mol. The van der Waals surface area contributed by atoms with E-state index in [1.807, 2.05) is 25.1 Å². The first-order chi connectivity index (χ1) is 14.6. The van der Waals surface area contributed by atoms with Crippen LogP contribution in [0.2, 0.25) is 0 Å². The number of thiazole rings is 1. The van der Waals surface area contributed by atoms with Gasteiger partial charge in [0.2, 0.25) is 0 Å². The smallest absolute Gasteiger partial charge is 0.257 e. The summed E-state index contributed by atoms with van der Waals surface area (Å²) in [6.45, 7) is 4.49. The Kier molecular flexibility index (Phi) is 6.13. The number of carbonyl (C=O) groups excluding carboxylic acids is 2. The molecule has 2 N–H and O–H groups in total. The summed E-state index contributed by atoms with van der Waals surface area (Å²) in [5.41, 5.74) is 2.21. The average molecular weight is 425 g/mol. The number of hydrogen-bond donors (Lipinski definition) is 2. The molecule has 0 atom stereocenters. The van der Waals surface area contributed by atoms with E-state index in [-0.39, 0.29) is 18.4 Å². The molecular formula is C22H24N4O3S. The van der Waals surface area contributed by atoms with Crippen LogP contribution in [-0.4, -0.2) is 43.0 Å². The van der Waals surface area contributed by atoms with Gasteiger partial charge in [0, 0.05) is 30.9 Å². The zero-order valence-electron chi connectivity index (χ0n) is 16.8. The number of benzene rings is 2. The molecule has 0 spiro atoms. The molecule has 1 aliphatic heterocycles. The molecule has 1 saturated heterocycles. The van der Waals surface area contributed by atoms with Crippen LogP contribution in [0.25, 0.3) is 10.2 Å². The molecule has 2 amide bonds. The molecule has 2 aromatic carbocycles. The predicted molar refractivity (Wildman–Crippen MR) is 120 cm³/mol. The Morgan fingerprint density at radius 1 is 1.13 bits per heavy atom. The summed E-state index contributed by atoms with van der Waals surface area (Å²) in [5.74, 6) is 0.165. The summed E-state index contributed by atoms with van der Waals surface area (Å²) < 4.78 is 6.47. The Morgan fingerprint density at radius 2 is 1.90 bits per heavy atom. The topological polar surface area (TPSA) is 83.6 Å². The highest BCUT2D eigenvalue weighted by atomic mass is 32.1. The summed E-state index contributed by atoms with van der Waals surface area (Å²) in [5, 5.41) is 6.66. The molecule has 0 saturated carbocycles. The molecule has 0 bridgehead atoms. The van der Waals surface area contributed by atoms with Crippen LogP contribution in [0.1, 0.15) is 30.1 Å². The van der Waals surface area contributed by atoms with Gasteiger partial charge in [-0.25, -0.2) is 4.98 Å². The molecule has 2 heterocycles. The average Bonchev–Trinajstić information content (AvgIpc) is 3.42. The number of nitrogens with zero attached hydrogens (tertiary/aromatic N) is 2. The van der Waals surface area contributed by atoms with Crippen molar-refractivity contribution in [1.29, 1.82) is 0 Å². The van der Waals surface area contributed by atoms with Crippen LogP contribution in [-0.2, 0) is 4.79 Å². The Hall–Kier alpha value is -3.13.